The van der Waals surface area contributed by atoms with Crippen LogP contribution in [-0.2, 0) is 9.59 Å². The topological polar surface area (TPSA) is 81.8 Å². The summed E-state index contributed by atoms with van der Waals surface area (Å²) in [4.78, 5) is 40.8. The molecule has 2 fully saturated rings. The molecule has 1 aliphatic carbocycles. The van der Waals surface area contributed by atoms with Gasteiger partial charge >= 0.3 is 6.03 Å². The first kappa shape index (κ1) is 20.3. The van der Waals surface area contributed by atoms with Crippen molar-refractivity contribution in [2.45, 2.75) is 44.2 Å². The van der Waals surface area contributed by atoms with Crippen molar-refractivity contribution < 1.29 is 14.4 Å². The zero-order chi connectivity index (χ0) is 20.3. The van der Waals surface area contributed by atoms with Crippen LogP contribution in [0.1, 0.15) is 44.2 Å². The van der Waals surface area contributed by atoms with Crippen LogP contribution >= 0.6 is 0 Å². The highest BCUT2D eigenvalue weighted by Gasteiger charge is 2.52. The highest BCUT2D eigenvalue weighted by atomic mass is 16.2. The minimum Gasteiger partial charge on any atom is -0.353 e. The van der Waals surface area contributed by atoms with Gasteiger partial charge in [0.05, 0.1) is 6.04 Å². The fourth-order valence-corrected chi connectivity index (χ4v) is 4.10. The smallest absolute Gasteiger partial charge is 0.325 e. The maximum atomic E-state index is 12.9. The van der Waals surface area contributed by atoms with Gasteiger partial charge in [0.1, 0.15) is 12.1 Å². The number of amides is 4. The van der Waals surface area contributed by atoms with E-state index in [1.165, 1.54) is 0 Å². The van der Waals surface area contributed by atoms with Gasteiger partial charge in [-0.15, -0.1) is 0 Å². The van der Waals surface area contributed by atoms with Crippen molar-refractivity contribution in [2.75, 3.05) is 27.2 Å². The fourth-order valence-electron chi connectivity index (χ4n) is 4.10. The lowest BCUT2D eigenvalue weighted by atomic mass is 9.77. The summed E-state index contributed by atoms with van der Waals surface area (Å²) in [5.41, 5.74) is 0.290. The molecule has 0 unspecified atom stereocenters. The molecule has 1 aromatic carbocycles. The molecule has 0 aromatic heterocycles. The van der Waals surface area contributed by atoms with E-state index in [-0.39, 0.29) is 24.4 Å². The molecule has 2 aliphatic rings. The average molecular weight is 386 g/mol. The fraction of sp³-hybridized carbons (Fsp3) is 0.571. The third-order valence-electron chi connectivity index (χ3n) is 5.98. The van der Waals surface area contributed by atoms with Gasteiger partial charge in [-0.2, -0.15) is 0 Å². The number of imide groups is 1. The number of likely N-dealkylation sites (N-methyl/N-ethyl adjacent to an activating group) is 1. The molecule has 1 spiro atoms. The monoisotopic (exact) mass is 386 g/mol. The third kappa shape index (κ3) is 4.19. The number of nitrogens with zero attached hydrogens (tertiary/aromatic N) is 2. The van der Waals surface area contributed by atoms with Crippen LogP contribution in [0.4, 0.5) is 4.79 Å². The zero-order valence-electron chi connectivity index (χ0n) is 16.9. The first-order valence-electron chi connectivity index (χ1n) is 9.94. The summed E-state index contributed by atoms with van der Waals surface area (Å²) in [7, 11) is 3.91. The van der Waals surface area contributed by atoms with Gasteiger partial charge in [0.2, 0.25) is 5.91 Å². The summed E-state index contributed by atoms with van der Waals surface area (Å²) in [6.45, 7) is 2.33. The van der Waals surface area contributed by atoms with Crippen molar-refractivity contribution in [3.63, 3.8) is 0 Å². The molecular formula is C21H30N4O3. The Bertz CT molecular complexity index is 726. The minimum absolute atomic E-state index is 0.0134. The van der Waals surface area contributed by atoms with Crippen molar-refractivity contribution in [1.29, 1.82) is 0 Å². The van der Waals surface area contributed by atoms with Gasteiger partial charge in [-0.25, -0.2) is 4.79 Å². The normalized spacial score (nSPS) is 25.9. The molecule has 7 nitrogen and oxygen atoms in total. The van der Waals surface area contributed by atoms with Gasteiger partial charge in [0.15, 0.2) is 0 Å². The molecule has 1 aromatic rings. The number of benzene rings is 1. The van der Waals surface area contributed by atoms with Crippen molar-refractivity contribution in [2.24, 2.45) is 5.92 Å². The molecule has 1 heterocycles. The maximum Gasteiger partial charge on any atom is 0.325 e. The van der Waals surface area contributed by atoms with E-state index < -0.39 is 11.6 Å². The second-order valence-electron chi connectivity index (χ2n) is 8.28. The Morgan fingerprint density at radius 3 is 2.50 bits per heavy atom. The maximum absolute atomic E-state index is 12.9. The predicted octanol–water partition coefficient (Wildman–Crippen LogP) is 1.91. The van der Waals surface area contributed by atoms with Crippen molar-refractivity contribution in [3.05, 3.63) is 35.9 Å². The van der Waals surface area contributed by atoms with Gasteiger partial charge in [0.25, 0.3) is 5.91 Å². The van der Waals surface area contributed by atoms with E-state index in [1.807, 2.05) is 49.3 Å². The van der Waals surface area contributed by atoms with Gasteiger partial charge < -0.3 is 15.5 Å². The Kier molecular flexibility index (Phi) is 6.03. The number of rotatable bonds is 6. The Balaban J connectivity index is 1.58. The first-order valence-corrected chi connectivity index (χ1v) is 9.94. The molecule has 28 heavy (non-hydrogen) atoms. The summed E-state index contributed by atoms with van der Waals surface area (Å²) in [6.07, 6.45) is 3.11. The SMILES string of the molecule is CC1CCC2(CC1)NC(=O)N(CC(=O)NC[C@H](c1ccccc1)N(C)C)C2=O. The van der Waals surface area contributed by atoms with E-state index in [0.29, 0.717) is 25.3 Å². The lowest BCUT2D eigenvalue weighted by Gasteiger charge is -2.33. The molecule has 7 heteroatoms. The van der Waals surface area contributed by atoms with Crippen LogP contribution in [0.2, 0.25) is 0 Å². The molecule has 0 bridgehead atoms. The van der Waals surface area contributed by atoms with Gasteiger partial charge in [-0.3, -0.25) is 14.5 Å². The molecule has 1 saturated heterocycles. The second-order valence-corrected chi connectivity index (χ2v) is 8.28. The minimum atomic E-state index is -0.805. The Morgan fingerprint density at radius 2 is 1.89 bits per heavy atom. The largest absolute Gasteiger partial charge is 0.353 e. The molecule has 152 valence electrons. The molecule has 1 aliphatic heterocycles. The van der Waals surface area contributed by atoms with Gasteiger partial charge in [0, 0.05) is 6.54 Å². The highest BCUT2D eigenvalue weighted by molar-refractivity contribution is 6.09. The van der Waals surface area contributed by atoms with E-state index in [2.05, 4.69) is 17.6 Å². The summed E-state index contributed by atoms with van der Waals surface area (Å²) in [5.74, 6) is -0.0205. The number of hydrogen-bond donors (Lipinski definition) is 2. The number of hydrogen-bond acceptors (Lipinski definition) is 4. The summed E-state index contributed by atoms with van der Waals surface area (Å²) >= 11 is 0. The Labute approximate surface area is 166 Å². The van der Waals surface area contributed by atoms with Crippen LogP contribution in [0.25, 0.3) is 0 Å². The molecule has 2 N–H and O–H groups in total. The zero-order valence-corrected chi connectivity index (χ0v) is 16.9. The van der Waals surface area contributed by atoms with E-state index in [1.54, 1.807) is 0 Å². The summed E-state index contributed by atoms with van der Waals surface area (Å²) < 4.78 is 0. The third-order valence-corrected chi connectivity index (χ3v) is 5.98. The van der Waals surface area contributed by atoms with Crippen molar-refractivity contribution in [1.82, 2.24) is 20.4 Å². The second kappa shape index (κ2) is 8.31. The van der Waals surface area contributed by atoms with E-state index in [9.17, 15) is 14.4 Å². The average Bonchev–Trinajstić information content (AvgIpc) is 2.89. The van der Waals surface area contributed by atoms with Crippen LogP contribution in [0.5, 0.6) is 0 Å². The van der Waals surface area contributed by atoms with E-state index in [0.717, 1.165) is 23.3 Å². The number of nitrogens with one attached hydrogen (secondary N) is 2. The van der Waals surface area contributed by atoms with Crippen molar-refractivity contribution in [3.8, 4) is 0 Å². The van der Waals surface area contributed by atoms with Crippen LogP contribution in [0.15, 0.2) is 30.3 Å². The Hall–Kier alpha value is -2.41. The molecule has 1 saturated carbocycles. The van der Waals surface area contributed by atoms with E-state index >= 15 is 0 Å². The lowest BCUT2D eigenvalue weighted by molar-refractivity contribution is -0.136. The number of urea groups is 1. The molecule has 3 rings (SSSR count). The quantitative estimate of drug-likeness (QED) is 0.732. The molecule has 1 atom stereocenters. The highest BCUT2D eigenvalue weighted by Crippen LogP contribution is 2.36. The molecule has 0 radical (unpaired) electrons. The van der Waals surface area contributed by atoms with Crippen LogP contribution in [0, 0.1) is 5.92 Å². The summed E-state index contributed by atoms with van der Waals surface area (Å²) in [5, 5.41) is 5.73. The number of carbonyl (C=O) groups is 3. The van der Waals surface area contributed by atoms with Crippen molar-refractivity contribution >= 4 is 17.8 Å². The first-order chi connectivity index (χ1) is 13.3. The van der Waals surface area contributed by atoms with Crippen LogP contribution in [-0.4, -0.2) is 60.4 Å². The molecule has 4 amide bonds. The molecular weight excluding hydrogens is 356 g/mol. The van der Waals surface area contributed by atoms with Crippen LogP contribution < -0.4 is 10.6 Å². The van der Waals surface area contributed by atoms with Gasteiger partial charge in [-0.1, -0.05) is 37.3 Å². The van der Waals surface area contributed by atoms with E-state index in [4.69, 9.17) is 0 Å². The predicted molar refractivity (Wildman–Crippen MR) is 106 cm³/mol. The lowest BCUT2D eigenvalue weighted by Crippen LogP contribution is -2.50. The standard InChI is InChI=1S/C21H30N4O3/c1-15-9-11-21(12-10-15)19(27)25(20(28)23-21)14-18(26)22-13-17(24(2)3)16-7-5-4-6-8-16/h4-8,15,17H,9-14H2,1-3H3,(H,22,26)(H,23,28)/t15?,17-,21?/m1/s1. The number of carbonyl (C=O) groups excluding carboxylic acids is 3. The van der Waals surface area contributed by atoms with Crippen LogP contribution in [0.3, 0.4) is 0 Å². The van der Waals surface area contributed by atoms with Gasteiger partial charge in [-0.05, 0) is 51.3 Å². The summed E-state index contributed by atoms with van der Waals surface area (Å²) in [6, 6.07) is 9.47. The Morgan fingerprint density at radius 1 is 1.25 bits per heavy atom.